The summed E-state index contributed by atoms with van der Waals surface area (Å²) >= 11 is 0. The summed E-state index contributed by atoms with van der Waals surface area (Å²) in [6.07, 6.45) is -1.31. The minimum absolute atomic E-state index is 0.0349. The van der Waals surface area contributed by atoms with Crippen LogP contribution in [0.5, 0.6) is 0 Å². The van der Waals surface area contributed by atoms with E-state index in [1.807, 2.05) is 48.5 Å². The van der Waals surface area contributed by atoms with Gasteiger partial charge in [-0.2, -0.15) is 0 Å². The van der Waals surface area contributed by atoms with E-state index >= 15 is 0 Å². The van der Waals surface area contributed by atoms with Crippen LogP contribution < -0.4 is 0 Å². The molecule has 1 heteroatoms. The van der Waals surface area contributed by atoms with Gasteiger partial charge >= 0.3 is 0 Å². The summed E-state index contributed by atoms with van der Waals surface area (Å²) < 4.78 is 176. The van der Waals surface area contributed by atoms with Gasteiger partial charge in [0.2, 0.25) is 0 Å². The van der Waals surface area contributed by atoms with E-state index < -0.39 is 121 Å². The highest BCUT2D eigenvalue weighted by Crippen LogP contribution is 2.42. The molecule has 1 nitrogen and oxygen atoms in total. The fraction of sp³-hybridized carbons (Fsp3) is 0.0588. The smallest absolute Gasteiger partial charge is 0.136 e. The topological polar surface area (TPSA) is 13.1 Å². The van der Waals surface area contributed by atoms with Gasteiger partial charge in [0.1, 0.15) is 11.2 Å². The molecule has 1 heterocycles. The molecule has 10 rings (SSSR count). The van der Waals surface area contributed by atoms with Crippen molar-refractivity contribution in [3.05, 3.63) is 204 Å². The molecular formula is C51H36O. The van der Waals surface area contributed by atoms with Crippen LogP contribution in [-0.4, -0.2) is 0 Å². The van der Waals surface area contributed by atoms with Crippen LogP contribution >= 0.6 is 0 Å². The summed E-state index contributed by atoms with van der Waals surface area (Å²) in [6.45, 7) is 0. The molecule has 0 bridgehead atoms. The van der Waals surface area contributed by atoms with Gasteiger partial charge in [0.15, 0.2) is 0 Å². The summed E-state index contributed by atoms with van der Waals surface area (Å²) in [5.74, 6) is 0. The lowest BCUT2D eigenvalue weighted by Gasteiger charge is -2.18. The number of benzene rings is 9. The average Bonchev–Trinajstić information content (AvgIpc) is 3.75. The van der Waals surface area contributed by atoms with E-state index in [0.717, 1.165) is 11.1 Å². The van der Waals surface area contributed by atoms with Crippen LogP contribution in [0.3, 0.4) is 0 Å². The first-order chi connectivity index (χ1) is 33.7. The molecule has 0 aliphatic heterocycles. The van der Waals surface area contributed by atoms with Crippen LogP contribution in [0, 0.1) is 0 Å². The van der Waals surface area contributed by atoms with E-state index in [2.05, 4.69) is 0 Å². The molecule has 0 aliphatic rings. The Balaban J connectivity index is 1.25. The fourth-order valence-corrected chi connectivity index (χ4v) is 7.22. The van der Waals surface area contributed by atoms with E-state index in [9.17, 15) is 11.0 Å². The van der Waals surface area contributed by atoms with E-state index in [0.29, 0.717) is 27.5 Å². The van der Waals surface area contributed by atoms with Gasteiger partial charge in [-0.05, 0) is 114 Å². The highest BCUT2D eigenvalue weighted by Gasteiger charge is 2.18. The third kappa shape index (κ3) is 5.17. The Hall–Kier alpha value is -6.44. The molecule has 1 aromatic heterocycles. The van der Waals surface area contributed by atoms with Crippen LogP contribution in [0.1, 0.15) is 48.3 Å². The minimum atomic E-state index is -0.710. The first-order valence-electron chi connectivity index (χ1n) is 26.2. The molecule has 0 saturated heterocycles. The Morgan fingerprint density at radius 1 is 0.423 bits per heavy atom. The van der Waals surface area contributed by atoms with E-state index in [1.54, 1.807) is 18.2 Å². The zero-order chi connectivity index (χ0) is 51.0. The maximum Gasteiger partial charge on any atom is 0.136 e. The Labute approximate surface area is 330 Å². The molecule has 246 valence electrons. The van der Waals surface area contributed by atoms with Crippen LogP contribution in [-0.2, 0) is 19.3 Å². The molecule has 0 aliphatic carbocycles. The number of fused-ring (bicyclic) bond motifs is 6. The number of hydrogen-bond acceptors (Lipinski definition) is 1. The third-order valence-electron chi connectivity index (χ3n) is 9.56. The van der Waals surface area contributed by atoms with Crippen LogP contribution in [0.2, 0.25) is 0 Å². The predicted octanol–water partition coefficient (Wildman–Crippen LogP) is 13.8. The lowest BCUT2D eigenvalue weighted by atomic mass is 9.86. The molecule has 0 N–H and O–H groups in total. The molecular weight excluding hydrogens is 629 g/mol. The van der Waals surface area contributed by atoms with Gasteiger partial charge in [-0.1, -0.05) is 163 Å². The number of rotatable bonds is 7. The lowest BCUT2D eigenvalue weighted by Crippen LogP contribution is -2.00. The zero-order valence-corrected chi connectivity index (χ0v) is 27.4. The van der Waals surface area contributed by atoms with Crippen molar-refractivity contribution in [2.24, 2.45) is 0 Å². The molecule has 52 heavy (non-hydrogen) atoms. The van der Waals surface area contributed by atoms with Gasteiger partial charge in [0.05, 0.1) is 26.0 Å². The second-order valence-corrected chi connectivity index (χ2v) is 12.4. The Bertz CT molecular complexity index is 3900. The van der Waals surface area contributed by atoms with Crippen molar-refractivity contribution in [3.63, 3.8) is 0 Å². The average molecular weight is 684 g/mol. The summed E-state index contributed by atoms with van der Waals surface area (Å²) in [5.41, 5.74) is 2.68. The van der Waals surface area contributed by atoms with Gasteiger partial charge in [-0.25, -0.2) is 0 Å². The van der Waals surface area contributed by atoms with Gasteiger partial charge in [-0.3, -0.25) is 0 Å². The molecule has 10 aromatic rings. The third-order valence-corrected chi connectivity index (χ3v) is 9.56. The second kappa shape index (κ2) is 12.7. The van der Waals surface area contributed by atoms with E-state index in [4.69, 9.17) is 19.5 Å². The Morgan fingerprint density at radius 2 is 1.08 bits per heavy atom. The zero-order valence-electron chi connectivity index (χ0n) is 46.4. The van der Waals surface area contributed by atoms with Crippen molar-refractivity contribution in [3.8, 4) is 22.3 Å². The van der Waals surface area contributed by atoms with E-state index in [1.165, 1.54) is 0 Å². The van der Waals surface area contributed by atoms with Gasteiger partial charge < -0.3 is 4.42 Å². The number of furan rings is 1. The highest BCUT2D eigenvalue weighted by molar-refractivity contribution is 6.16. The van der Waals surface area contributed by atoms with Crippen molar-refractivity contribution in [1.82, 2.24) is 0 Å². The van der Waals surface area contributed by atoms with Gasteiger partial charge in [-0.15, -0.1) is 0 Å². The summed E-state index contributed by atoms with van der Waals surface area (Å²) in [5, 5.41) is 0.155. The van der Waals surface area contributed by atoms with Crippen molar-refractivity contribution in [2.75, 3.05) is 0 Å². The molecule has 0 fully saturated rings. The van der Waals surface area contributed by atoms with Crippen molar-refractivity contribution in [1.29, 1.82) is 0 Å². The van der Waals surface area contributed by atoms with Gasteiger partial charge in [0.25, 0.3) is 0 Å². The largest absolute Gasteiger partial charge is 0.456 e. The monoisotopic (exact) mass is 683 g/mol. The van der Waals surface area contributed by atoms with Gasteiger partial charge in [0, 0.05) is 10.8 Å². The van der Waals surface area contributed by atoms with Crippen molar-refractivity contribution in [2.45, 2.75) is 19.3 Å². The second-order valence-electron chi connectivity index (χ2n) is 12.4. The molecule has 0 atom stereocenters. The standard InChI is InChI=1S/C51H36O/c1-3-14-34(15-4-1)32-48-42-22-11-9-20-40(42)44(41-21-10-12-23-43(41)48)29-26-36-27-30-45(39-19-8-7-18-38(36)39)46-24-13-25-49-51(46)47-31-28-37(33-50(47)52-49)35-16-5-2-6-17-35/h1-25,27-28,30-31,33H,26,29,32H2/i1D,3D,4D,7D,8D,9D,10D,11D,12D,14D,15D,18D,19D,20D,21D,22D,23D,27D,30D. The maximum absolute atomic E-state index is 9.68. The summed E-state index contributed by atoms with van der Waals surface area (Å²) in [7, 11) is 0. The molecule has 9 aromatic carbocycles. The summed E-state index contributed by atoms with van der Waals surface area (Å²) in [6, 6.07) is 8.84. The molecule has 0 unspecified atom stereocenters. The normalized spacial score (nSPS) is 16.8. The maximum atomic E-state index is 9.68. The SMILES string of the molecule is [2H]c1c([2H])c([2H])c(Cc2c3c([2H])c([2H])c([2H])c([2H])c3c(CCc3c([2H])c([2H])c(-c4cccc5oc6cc(-c7ccccc7)ccc6c45)c4c([2H])c([2H])c([2H])c([2H])c34)c3c([2H])c([2H])c([2H])c([2H])c23)c([2H])c1[2H]. The lowest BCUT2D eigenvalue weighted by molar-refractivity contribution is 0.669. The van der Waals surface area contributed by atoms with Crippen LogP contribution in [0.15, 0.2) is 186 Å². The van der Waals surface area contributed by atoms with Crippen molar-refractivity contribution >= 4 is 54.3 Å². The highest BCUT2D eigenvalue weighted by atomic mass is 16.3. The fourth-order valence-electron chi connectivity index (χ4n) is 7.22. The molecule has 0 spiro atoms. The number of hydrogen-bond donors (Lipinski definition) is 0. The molecule has 0 radical (unpaired) electrons. The number of aryl methyl sites for hydroxylation is 2. The Kier molecular flexibility index (Phi) is 4.09. The molecule has 0 saturated carbocycles. The summed E-state index contributed by atoms with van der Waals surface area (Å²) in [4.78, 5) is 0. The van der Waals surface area contributed by atoms with Crippen LogP contribution in [0.4, 0.5) is 0 Å². The molecule has 0 amide bonds. The Morgan fingerprint density at radius 3 is 1.81 bits per heavy atom. The van der Waals surface area contributed by atoms with Crippen molar-refractivity contribution < 1.29 is 30.5 Å². The predicted molar refractivity (Wildman–Crippen MR) is 220 cm³/mol. The quantitative estimate of drug-likeness (QED) is 0.152. The first-order valence-corrected chi connectivity index (χ1v) is 16.7. The van der Waals surface area contributed by atoms with E-state index in [-0.39, 0.29) is 73.0 Å². The minimum Gasteiger partial charge on any atom is -0.456 e. The first kappa shape index (κ1) is 16.7. The van der Waals surface area contributed by atoms with Crippen LogP contribution in [0.25, 0.3) is 76.5 Å².